The second-order valence-electron chi connectivity index (χ2n) is 3.00. The van der Waals surface area contributed by atoms with Gasteiger partial charge in [0.1, 0.15) is 0 Å². The molecule has 0 spiro atoms. The third-order valence-electron chi connectivity index (χ3n) is 2.12. The number of rotatable bonds is 3. The summed E-state index contributed by atoms with van der Waals surface area (Å²) in [5.41, 5.74) is 0. The minimum atomic E-state index is 0.455. The Kier molecular flexibility index (Phi) is 3.20. The molecule has 0 aliphatic carbocycles. The zero-order valence-electron chi connectivity index (χ0n) is 6.97. The van der Waals surface area contributed by atoms with Crippen LogP contribution in [0.2, 0.25) is 0 Å². The third-order valence-corrected chi connectivity index (χ3v) is 2.12. The fourth-order valence-electron chi connectivity index (χ4n) is 1.51. The van der Waals surface area contributed by atoms with Gasteiger partial charge in [-0.25, -0.2) is 0 Å². The van der Waals surface area contributed by atoms with Gasteiger partial charge in [-0.3, -0.25) is 0 Å². The molecule has 1 saturated heterocycles. The van der Waals surface area contributed by atoms with Crippen LogP contribution >= 0.6 is 0 Å². The van der Waals surface area contributed by atoms with Crippen molar-refractivity contribution in [3.63, 3.8) is 0 Å². The Bertz CT molecular complexity index is 90.7. The fraction of sp³-hybridized carbons (Fsp3) is 0.889. The Morgan fingerprint density at radius 3 is 2.80 bits per heavy atom. The highest BCUT2D eigenvalue weighted by Gasteiger charge is 2.17. The molecule has 10 heavy (non-hydrogen) atoms. The topological polar surface area (TPSA) is 9.23 Å². The molecule has 0 bridgehead atoms. The first-order chi connectivity index (χ1) is 4.86. The third kappa shape index (κ3) is 1.98. The van der Waals surface area contributed by atoms with Crippen molar-refractivity contribution in [2.45, 2.75) is 51.7 Å². The summed E-state index contributed by atoms with van der Waals surface area (Å²) < 4.78 is 5.70. The molecule has 0 aromatic heterocycles. The van der Waals surface area contributed by atoms with Crippen LogP contribution in [-0.4, -0.2) is 12.2 Å². The predicted octanol–water partition coefficient (Wildman–Crippen LogP) is 2.56. The van der Waals surface area contributed by atoms with Crippen LogP contribution in [0, 0.1) is 6.42 Å². The lowest BCUT2D eigenvalue weighted by Gasteiger charge is -2.17. The van der Waals surface area contributed by atoms with Crippen LogP contribution in [0.25, 0.3) is 0 Å². The molecule has 0 amide bonds. The molecule has 1 fully saturated rings. The quantitative estimate of drug-likeness (QED) is 0.549. The summed E-state index contributed by atoms with van der Waals surface area (Å²) in [5.74, 6) is 0. The Labute approximate surface area is 63.8 Å². The molecule has 1 rings (SSSR count). The van der Waals surface area contributed by atoms with Crippen molar-refractivity contribution in [3.05, 3.63) is 6.42 Å². The lowest BCUT2D eigenvalue weighted by atomic mass is 10.1. The SMILES string of the molecule is C[CH-]C1CCC(CCC)O1. The van der Waals surface area contributed by atoms with Crippen molar-refractivity contribution < 1.29 is 4.74 Å². The van der Waals surface area contributed by atoms with Crippen molar-refractivity contribution in [3.8, 4) is 0 Å². The molecule has 2 atom stereocenters. The second-order valence-corrected chi connectivity index (χ2v) is 3.00. The molecule has 1 heteroatoms. The summed E-state index contributed by atoms with van der Waals surface area (Å²) in [6, 6.07) is 0. The summed E-state index contributed by atoms with van der Waals surface area (Å²) in [5, 5.41) is 0. The summed E-state index contributed by atoms with van der Waals surface area (Å²) in [6.45, 7) is 4.30. The van der Waals surface area contributed by atoms with E-state index in [2.05, 4.69) is 20.3 Å². The molecule has 60 valence electrons. The minimum Gasteiger partial charge on any atom is -0.407 e. The monoisotopic (exact) mass is 141 g/mol. The molecule has 1 aliphatic heterocycles. The van der Waals surface area contributed by atoms with Crippen LogP contribution in [-0.2, 0) is 4.74 Å². The zero-order chi connectivity index (χ0) is 7.40. The maximum atomic E-state index is 5.70. The first-order valence-corrected chi connectivity index (χ1v) is 4.31. The summed E-state index contributed by atoms with van der Waals surface area (Å²) >= 11 is 0. The summed E-state index contributed by atoms with van der Waals surface area (Å²) in [6.07, 6.45) is 8.17. The van der Waals surface area contributed by atoms with E-state index in [0.29, 0.717) is 12.2 Å². The van der Waals surface area contributed by atoms with Crippen LogP contribution in [0.3, 0.4) is 0 Å². The van der Waals surface area contributed by atoms with Gasteiger partial charge in [0.05, 0.1) is 6.10 Å². The van der Waals surface area contributed by atoms with E-state index in [1.807, 2.05) is 0 Å². The largest absolute Gasteiger partial charge is 0.407 e. The molecule has 1 aliphatic rings. The standard InChI is InChI=1S/C9H17O/c1-3-5-9-7-6-8(4-2)10-9/h4,8-9H,3,5-7H2,1-2H3/q-1. The van der Waals surface area contributed by atoms with Crippen LogP contribution in [0.15, 0.2) is 0 Å². The number of ether oxygens (including phenoxy) is 1. The van der Waals surface area contributed by atoms with Crippen LogP contribution in [0.5, 0.6) is 0 Å². The number of hydrogen-bond donors (Lipinski definition) is 0. The molecule has 0 saturated carbocycles. The normalized spacial score (nSPS) is 33.0. The van der Waals surface area contributed by atoms with Gasteiger partial charge in [0.25, 0.3) is 0 Å². The number of hydrogen-bond acceptors (Lipinski definition) is 1. The van der Waals surface area contributed by atoms with Gasteiger partial charge in [-0.1, -0.05) is 25.9 Å². The first-order valence-electron chi connectivity index (χ1n) is 4.31. The van der Waals surface area contributed by atoms with Gasteiger partial charge in [-0.2, -0.15) is 6.92 Å². The smallest absolute Gasteiger partial charge is 0.0543 e. The van der Waals surface area contributed by atoms with Crippen molar-refractivity contribution in [2.24, 2.45) is 0 Å². The average molecular weight is 141 g/mol. The van der Waals surface area contributed by atoms with E-state index >= 15 is 0 Å². The molecule has 0 N–H and O–H groups in total. The van der Waals surface area contributed by atoms with Crippen molar-refractivity contribution in [1.82, 2.24) is 0 Å². The molecule has 0 radical (unpaired) electrons. The van der Waals surface area contributed by atoms with E-state index in [0.717, 1.165) is 0 Å². The Morgan fingerprint density at radius 1 is 1.50 bits per heavy atom. The van der Waals surface area contributed by atoms with E-state index < -0.39 is 0 Å². The molecule has 0 aromatic rings. The summed E-state index contributed by atoms with van der Waals surface area (Å²) in [7, 11) is 0. The van der Waals surface area contributed by atoms with Gasteiger partial charge in [0.2, 0.25) is 0 Å². The van der Waals surface area contributed by atoms with Crippen molar-refractivity contribution in [2.75, 3.05) is 0 Å². The lowest BCUT2D eigenvalue weighted by Crippen LogP contribution is -2.09. The fourth-order valence-corrected chi connectivity index (χ4v) is 1.51. The van der Waals surface area contributed by atoms with E-state index in [-0.39, 0.29) is 0 Å². The van der Waals surface area contributed by atoms with Crippen LogP contribution < -0.4 is 0 Å². The average Bonchev–Trinajstić information content (AvgIpc) is 2.37. The summed E-state index contributed by atoms with van der Waals surface area (Å²) in [4.78, 5) is 0. The zero-order valence-corrected chi connectivity index (χ0v) is 6.97. The second kappa shape index (κ2) is 3.97. The highest BCUT2D eigenvalue weighted by Crippen LogP contribution is 2.23. The van der Waals surface area contributed by atoms with Gasteiger partial charge < -0.3 is 11.2 Å². The van der Waals surface area contributed by atoms with Crippen molar-refractivity contribution in [1.29, 1.82) is 0 Å². The Morgan fingerprint density at radius 2 is 2.30 bits per heavy atom. The molecular weight excluding hydrogens is 124 g/mol. The Hall–Kier alpha value is -0.0400. The molecule has 1 nitrogen and oxygen atoms in total. The highest BCUT2D eigenvalue weighted by molar-refractivity contribution is 4.80. The van der Waals surface area contributed by atoms with Crippen LogP contribution in [0.4, 0.5) is 0 Å². The van der Waals surface area contributed by atoms with Crippen molar-refractivity contribution >= 4 is 0 Å². The molecule has 2 unspecified atom stereocenters. The molecule has 0 aromatic carbocycles. The molecule has 1 heterocycles. The van der Waals surface area contributed by atoms with Gasteiger partial charge in [-0.05, 0) is 12.8 Å². The van der Waals surface area contributed by atoms with Crippen LogP contribution in [0.1, 0.15) is 39.5 Å². The van der Waals surface area contributed by atoms with E-state index in [1.165, 1.54) is 25.7 Å². The van der Waals surface area contributed by atoms with E-state index in [9.17, 15) is 0 Å². The van der Waals surface area contributed by atoms with E-state index in [1.54, 1.807) is 0 Å². The minimum absolute atomic E-state index is 0.455. The van der Waals surface area contributed by atoms with E-state index in [4.69, 9.17) is 4.74 Å². The predicted molar refractivity (Wildman–Crippen MR) is 42.8 cm³/mol. The lowest BCUT2D eigenvalue weighted by molar-refractivity contribution is 0.0575. The van der Waals surface area contributed by atoms with Gasteiger partial charge in [0.15, 0.2) is 0 Å². The van der Waals surface area contributed by atoms with Gasteiger partial charge >= 0.3 is 0 Å². The van der Waals surface area contributed by atoms with Gasteiger partial charge in [0, 0.05) is 0 Å². The van der Waals surface area contributed by atoms with Gasteiger partial charge in [-0.15, -0.1) is 0 Å². The Balaban J connectivity index is 2.15. The molecular formula is C9H17O-. The maximum absolute atomic E-state index is 5.70. The highest BCUT2D eigenvalue weighted by atomic mass is 16.5. The first kappa shape index (κ1) is 8.06. The maximum Gasteiger partial charge on any atom is 0.0543 e.